The van der Waals surface area contributed by atoms with Crippen molar-refractivity contribution in [3.63, 3.8) is 0 Å². The van der Waals surface area contributed by atoms with Crippen LogP contribution in [0.15, 0.2) is 0 Å². The van der Waals surface area contributed by atoms with Crippen molar-refractivity contribution < 1.29 is 21.5 Å². The van der Waals surface area contributed by atoms with Crippen LogP contribution in [-0.4, -0.2) is 32.1 Å². The Morgan fingerprint density at radius 3 is 2.06 bits per heavy atom. The Hall–Kier alpha value is -0.760. The first-order valence-electron chi connectivity index (χ1n) is 5.63. The highest BCUT2D eigenvalue weighted by Gasteiger charge is 2.27. The Morgan fingerprint density at radius 2 is 1.67 bits per heavy atom. The molecule has 0 bridgehead atoms. The number of hydrogen-bond acceptors (Lipinski definition) is 3. The highest BCUT2D eigenvalue weighted by atomic mass is 32.3. The third-order valence-electron chi connectivity index (χ3n) is 2.29. The molecule has 0 saturated carbocycles. The van der Waals surface area contributed by atoms with E-state index in [4.69, 9.17) is 0 Å². The topological polar surface area (TPSA) is 75.3 Å². The molecule has 2 unspecified atom stereocenters. The third-order valence-corrected chi connectivity index (χ3v) is 2.98. The second-order valence-electron chi connectivity index (χ2n) is 4.88. The zero-order valence-corrected chi connectivity index (χ0v) is 11.8. The van der Waals surface area contributed by atoms with Crippen molar-refractivity contribution in [2.24, 2.45) is 0 Å². The molecule has 2 N–H and O–H groups in total. The summed E-state index contributed by atoms with van der Waals surface area (Å²) >= 11 is 0. The quantitative estimate of drug-likeness (QED) is 0.691. The fourth-order valence-corrected chi connectivity index (χ4v) is 1.87. The van der Waals surface area contributed by atoms with Crippen LogP contribution in [0.2, 0.25) is 0 Å². The molecule has 5 nitrogen and oxygen atoms in total. The number of carbonyl (C=O) groups is 1. The van der Waals surface area contributed by atoms with E-state index in [9.17, 15) is 21.5 Å². The number of alkyl halides is 1. The largest absolute Gasteiger partial charge is 0.372 e. The van der Waals surface area contributed by atoms with Gasteiger partial charge < -0.3 is 5.32 Å². The van der Waals surface area contributed by atoms with Crippen molar-refractivity contribution in [1.29, 1.82) is 0 Å². The summed E-state index contributed by atoms with van der Waals surface area (Å²) in [5.74, 6) is -0.728. The van der Waals surface area contributed by atoms with Gasteiger partial charge in [-0.05, 0) is 40.5 Å². The second-order valence-corrected chi connectivity index (χ2v) is 5.99. The van der Waals surface area contributed by atoms with E-state index in [1.165, 1.54) is 6.92 Å². The Kier molecular flexibility index (Phi) is 6.15. The van der Waals surface area contributed by atoms with Crippen molar-refractivity contribution in [2.45, 2.75) is 58.3 Å². The van der Waals surface area contributed by atoms with Gasteiger partial charge in [0.1, 0.15) is 0 Å². The van der Waals surface area contributed by atoms with E-state index in [-0.39, 0.29) is 6.04 Å². The molecule has 1 amide bonds. The molecular weight excluding hydrogens is 266 g/mol. The van der Waals surface area contributed by atoms with Gasteiger partial charge in [0.15, 0.2) is 5.67 Å². The summed E-state index contributed by atoms with van der Waals surface area (Å²) in [6, 6.07) is -0.906. The van der Waals surface area contributed by atoms with E-state index < -0.39 is 28.0 Å². The lowest BCUT2D eigenvalue weighted by molar-refractivity contribution is -0.131. The Bertz CT molecular complexity index is 379. The molecule has 0 aromatic heterocycles. The second kappa shape index (κ2) is 6.42. The molecule has 0 aliphatic carbocycles. The minimum absolute atomic E-state index is 0.320. The van der Waals surface area contributed by atoms with E-state index in [1.54, 1.807) is 11.6 Å². The SMILES string of the molecule is CC(CCC(C)NS(=O)(=O)F)NC(=O)C(C)(C)F. The van der Waals surface area contributed by atoms with E-state index in [0.29, 0.717) is 12.8 Å². The molecule has 18 heavy (non-hydrogen) atoms. The summed E-state index contributed by atoms with van der Waals surface area (Å²) in [5.41, 5.74) is -1.96. The molecule has 0 spiro atoms. The van der Waals surface area contributed by atoms with Crippen molar-refractivity contribution in [3.05, 3.63) is 0 Å². The van der Waals surface area contributed by atoms with Crippen LogP contribution in [0.5, 0.6) is 0 Å². The molecule has 0 rings (SSSR count). The smallest absolute Gasteiger partial charge is 0.351 e. The minimum atomic E-state index is -4.71. The lowest BCUT2D eigenvalue weighted by Gasteiger charge is -2.20. The maximum Gasteiger partial charge on any atom is 0.372 e. The van der Waals surface area contributed by atoms with Gasteiger partial charge in [-0.2, -0.15) is 13.1 Å². The number of hydrogen-bond donors (Lipinski definition) is 2. The van der Waals surface area contributed by atoms with E-state index in [1.807, 2.05) is 0 Å². The standard InChI is InChI=1S/C10H20F2N2O3S/c1-7(13-9(15)10(3,4)11)5-6-8(2)14-18(12,16)17/h7-8,14H,5-6H2,1-4H3,(H,13,15). The highest BCUT2D eigenvalue weighted by Crippen LogP contribution is 2.10. The van der Waals surface area contributed by atoms with Gasteiger partial charge in [0.2, 0.25) is 0 Å². The van der Waals surface area contributed by atoms with Crippen LogP contribution in [0.3, 0.4) is 0 Å². The number of amides is 1. The number of halogens is 2. The molecule has 108 valence electrons. The maximum atomic E-state index is 13.2. The van der Waals surface area contributed by atoms with Crippen LogP contribution >= 0.6 is 0 Å². The zero-order chi connectivity index (χ0) is 14.6. The van der Waals surface area contributed by atoms with Crippen LogP contribution < -0.4 is 10.0 Å². The molecule has 0 saturated heterocycles. The van der Waals surface area contributed by atoms with Gasteiger partial charge in [-0.3, -0.25) is 4.79 Å². The summed E-state index contributed by atoms with van der Waals surface area (Å²) in [6.07, 6.45) is 0.739. The molecular formula is C10H20F2N2O3S. The van der Waals surface area contributed by atoms with E-state index in [2.05, 4.69) is 5.32 Å². The summed E-state index contributed by atoms with van der Waals surface area (Å²) < 4.78 is 47.9. The van der Waals surface area contributed by atoms with E-state index in [0.717, 1.165) is 13.8 Å². The van der Waals surface area contributed by atoms with E-state index >= 15 is 0 Å². The predicted octanol–water partition coefficient (Wildman–Crippen LogP) is 1.21. The van der Waals surface area contributed by atoms with Crippen LogP contribution in [0.4, 0.5) is 8.28 Å². The molecule has 0 aliphatic rings. The van der Waals surface area contributed by atoms with Crippen LogP contribution in [-0.2, 0) is 15.2 Å². The average molecular weight is 286 g/mol. The van der Waals surface area contributed by atoms with Gasteiger partial charge in [-0.1, -0.05) is 3.89 Å². The molecule has 0 fully saturated rings. The van der Waals surface area contributed by atoms with Gasteiger partial charge in [-0.15, -0.1) is 0 Å². The number of rotatable bonds is 7. The van der Waals surface area contributed by atoms with Gasteiger partial charge in [0.05, 0.1) is 0 Å². The normalized spacial score (nSPS) is 16.1. The molecule has 0 radical (unpaired) electrons. The molecule has 0 aromatic rings. The first kappa shape index (κ1) is 17.2. The highest BCUT2D eigenvalue weighted by molar-refractivity contribution is 7.84. The molecule has 2 atom stereocenters. The zero-order valence-electron chi connectivity index (χ0n) is 11.0. The summed E-state index contributed by atoms with van der Waals surface area (Å²) in [6.45, 7) is 5.47. The Balaban J connectivity index is 4.05. The lowest BCUT2D eigenvalue weighted by Crippen LogP contribution is -2.43. The van der Waals surface area contributed by atoms with Gasteiger partial charge >= 0.3 is 10.4 Å². The molecule has 0 heterocycles. The Morgan fingerprint density at radius 1 is 1.22 bits per heavy atom. The summed E-state index contributed by atoms with van der Waals surface area (Å²) in [4.78, 5) is 11.3. The summed E-state index contributed by atoms with van der Waals surface area (Å²) in [7, 11) is -4.71. The van der Waals surface area contributed by atoms with Gasteiger partial charge in [0.25, 0.3) is 5.91 Å². The Labute approximate surface area is 107 Å². The number of nitrogens with one attached hydrogen (secondary N) is 2. The minimum Gasteiger partial charge on any atom is -0.351 e. The van der Waals surface area contributed by atoms with Gasteiger partial charge in [0, 0.05) is 12.1 Å². The third kappa shape index (κ3) is 8.35. The molecule has 0 aliphatic heterocycles. The van der Waals surface area contributed by atoms with Crippen molar-refractivity contribution >= 4 is 16.3 Å². The van der Waals surface area contributed by atoms with Crippen molar-refractivity contribution in [1.82, 2.24) is 10.0 Å². The molecule has 8 heteroatoms. The van der Waals surface area contributed by atoms with Crippen LogP contribution in [0.25, 0.3) is 0 Å². The fourth-order valence-electron chi connectivity index (χ4n) is 1.27. The number of carbonyl (C=O) groups excluding carboxylic acids is 1. The van der Waals surface area contributed by atoms with Crippen LogP contribution in [0, 0.1) is 0 Å². The average Bonchev–Trinajstić information content (AvgIpc) is 2.10. The maximum absolute atomic E-state index is 13.2. The first-order valence-corrected chi connectivity index (χ1v) is 7.02. The lowest BCUT2D eigenvalue weighted by atomic mass is 10.1. The first-order chi connectivity index (χ1) is 7.92. The predicted molar refractivity (Wildman–Crippen MR) is 64.7 cm³/mol. The van der Waals surface area contributed by atoms with Crippen LogP contribution in [0.1, 0.15) is 40.5 Å². The molecule has 0 aromatic carbocycles. The summed E-state index contributed by atoms with van der Waals surface area (Å²) in [5, 5.41) is 2.45. The van der Waals surface area contributed by atoms with Gasteiger partial charge in [-0.25, -0.2) is 4.39 Å². The van der Waals surface area contributed by atoms with Crippen molar-refractivity contribution in [2.75, 3.05) is 0 Å². The fraction of sp³-hybridized carbons (Fsp3) is 0.900. The monoisotopic (exact) mass is 286 g/mol. The van der Waals surface area contributed by atoms with Crippen molar-refractivity contribution in [3.8, 4) is 0 Å².